The Morgan fingerprint density at radius 2 is 1.64 bits per heavy atom. The maximum absolute atomic E-state index is 9.75. The molecule has 1 N–H and O–H groups in total. The van der Waals surface area contributed by atoms with Crippen LogP contribution in [0.4, 0.5) is 0 Å². The fourth-order valence-corrected chi connectivity index (χ4v) is 2.84. The van der Waals surface area contributed by atoms with Crippen LogP contribution >= 0.6 is 0 Å². The van der Waals surface area contributed by atoms with Gasteiger partial charge < -0.3 is 9.84 Å². The molecule has 0 saturated carbocycles. The fraction of sp³-hybridized carbons (Fsp3) is 0. The highest BCUT2D eigenvalue weighted by atomic mass is 16.5. The van der Waals surface area contributed by atoms with E-state index in [4.69, 9.17) is 4.74 Å². The number of fused-ring (bicyclic) bond motifs is 2. The monoisotopic (exact) mass is 286 g/mol. The van der Waals surface area contributed by atoms with Crippen LogP contribution in [0.25, 0.3) is 12.2 Å². The molecule has 4 rings (SSSR count). The van der Waals surface area contributed by atoms with Crippen LogP contribution in [0.5, 0.6) is 17.2 Å². The summed E-state index contributed by atoms with van der Waals surface area (Å²) in [5.41, 5.74) is 3.21. The second-order valence-electron chi connectivity index (χ2n) is 5.35. The molecule has 1 aliphatic heterocycles. The lowest BCUT2D eigenvalue weighted by Crippen LogP contribution is -2.19. The Morgan fingerprint density at radius 3 is 2.45 bits per heavy atom. The fourth-order valence-electron chi connectivity index (χ4n) is 2.84. The zero-order valence-electron chi connectivity index (χ0n) is 11.9. The van der Waals surface area contributed by atoms with Crippen molar-refractivity contribution in [1.29, 1.82) is 0 Å². The molecule has 106 valence electrons. The molecule has 3 aromatic rings. The summed E-state index contributed by atoms with van der Waals surface area (Å²) in [7, 11) is 0. The second kappa shape index (κ2) is 4.78. The Kier molecular flexibility index (Phi) is 2.76. The lowest BCUT2D eigenvalue weighted by Gasteiger charge is -2.21. The van der Waals surface area contributed by atoms with Gasteiger partial charge in [0.05, 0.1) is 0 Å². The van der Waals surface area contributed by atoms with Crippen LogP contribution in [-0.4, -0.2) is 5.11 Å². The van der Waals surface area contributed by atoms with E-state index >= 15 is 0 Å². The number of hydrogen-bond acceptors (Lipinski definition) is 2. The van der Waals surface area contributed by atoms with Gasteiger partial charge in [0, 0.05) is 22.4 Å². The maximum atomic E-state index is 9.75. The molecule has 2 nitrogen and oxygen atoms in total. The van der Waals surface area contributed by atoms with Crippen LogP contribution in [0.15, 0.2) is 66.7 Å². The summed E-state index contributed by atoms with van der Waals surface area (Å²) in [4.78, 5) is 0. The maximum Gasteiger partial charge on any atom is 0.139 e. The molecule has 2 heteroatoms. The zero-order chi connectivity index (χ0) is 15.1. The molecule has 0 unspecified atom stereocenters. The van der Waals surface area contributed by atoms with E-state index in [0.717, 1.165) is 32.9 Å². The predicted octanol–water partition coefficient (Wildman–Crippen LogP) is 3.16. The summed E-state index contributed by atoms with van der Waals surface area (Å²) in [6.07, 6.45) is 0. The number of hydrogen-bond donors (Lipinski definition) is 1. The quantitative estimate of drug-likeness (QED) is 0.582. The molecule has 0 saturated heterocycles. The van der Waals surface area contributed by atoms with Gasteiger partial charge in [0.15, 0.2) is 0 Å². The molecule has 1 heterocycles. The van der Waals surface area contributed by atoms with Gasteiger partial charge in [0.1, 0.15) is 17.2 Å². The average Bonchev–Trinajstić information content (AvgIpc) is 2.53. The summed E-state index contributed by atoms with van der Waals surface area (Å²) in [5.74, 6) is 1.63. The Bertz CT molecular complexity index is 972. The number of phenolic OH excluding ortho intramolecular Hbond substituents is 1. The molecule has 0 aromatic heterocycles. The third-order valence-corrected chi connectivity index (χ3v) is 3.83. The molecule has 0 amide bonds. The second-order valence-corrected chi connectivity index (χ2v) is 5.35. The van der Waals surface area contributed by atoms with E-state index in [1.54, 1.807) is 12.1 Å². The Balaban J connectivity index is 2.14. The topological polar surface area (TPSA) is 29.5 Å². The molecule has 0 bridgehead atoms. The largest absolute Gasteiger partial charge is 0.508 e. The third-order valence-electron chi connectivity index (χ3n) is 3.83. The van der Waals surface area contributed by atoms with E-state index in [2.05, 4.69) is 18.7 Å². The van der Waals surface area contributed by atoms with Crippen LogP contribution < -0.4 is 15.2 Å². The van der Waals surface area contributed by atoms with Gasteiger partial charge >= 0.3 is 0 Å². The first-order valence-electron chi connectivity index (χ1n) is 7.12. The third kappa shape index (κ3) is 1.97. The lowest BCUT2D eigenvalue weighted by atomic mass is 9.92. The highest BCUT2D eigenvalue weighted by molar-refractivity contribution is 5.85. The number of rotatable bonds is 1. The molecular formula is C20H14O2. The van der Waals surface area contributed by atoms with Crippen molar-refractivity contribution >= 4 is 12.2 Å². The van der Waals surface area contributed by atoms with Crippen LogP contribution in [-0.2, 0) is 0 Å². The molecule has 0 fully saturated rings. The molecule has 0 atom stereocenters. The normalized spacial score (nSPS) is 12.3. The molecule has 22 heavy (non-hydrogen) atoms. The molecule has 3 aromatic carbocycles. The first-order valence-corrected chi connectivity index (χ1v) is 7.12. The van der Waals surface area contributed by atoms with Gasteiger partial charge in [-0.3, -0.25) is 0 Å². The Morgan fingerprint density at radius 1 is 0.818 bits per heavy atom. The van der Waals surface area contributed by atoms with Crippen molar-refractivity contribution in [2.45, 2.75) is 0 Å². The van der Waals surface area contributed by atoms with E-state index in [0.29, 0.717) is 5.75 Å². The molecular weight excluding hydrogens is 272 g/mol. The highest BCUT2D eigenvalue weighted by Crippen LogP contribution is 2.37. The minimum absolute atomic E-state index is 0.195. The molecule has 1 aliphatic rings. The minimum Gasteiger partial charge on any atom is -0.508 e. The van der Waals surface area contributed by atoms with Crippen LogP contribution in [0.3, 0.4) is 0 Å². The molecule has 0 spiro atoms. The SMILES string of the molecule is C=c1ccc2c(c1)Oc1cc(O)ccc1C=2c1ccccc1. The van der Waals surface area contributed by atoms with Crippen molar-refractivity contribution in [3.63, 3.8) is 0 Å². The minimum atomic E-state index is 0.195. The van der Waals surface area contributed by atoms with Crippen molar-refractivity contribution in [1.82, 2.24) is 0 Å². The zero-order valence-corrected chi connectivity index (χ0v) is 11.9. The van der Waals surface area contributed by atoms with Crippen LogP contribution in [0.2, 0.25) is 0 Å². The standard InChI is InChI=1S/C20H14O2/c1-13-7-9-16-18(11-13)22-19-12-15(21)8-10-17(19)20(16)14-5-3-2-4-6-14/h2-12,21H,1H2. The van der Waals surface area contributed by atoms with Gasteiger partial charge in [-0.25, -0.2) is 0 Å². The Labute approximate surface area is 128 Å². The van der Waals surface area contributed by atoms with Gasteiger partial charge in [-0.2, -0.15) is 0 Å². The van der Waals surface area contributed by atoms with E-state index < -0.39 is 0 Å². The van der Waals surface area contributed by atoms with E-state index in [1.165, 1.54) is 0 Å². The summed E-state index contributed by atoms with van der Waals surface area (Å²) in [6, 6.07) is 21.4. The van der Waals surface area contributed by atoms with Crippen molar-refractivity contribution in [2.75, 3.05) is 0 Å². The van der Waals surface area contributed by atoms with Gasteiger partial charge in [0.2, 0.25) is 0 Å². The first-order chi connectivity index (χ1) is 10.7. The van der Waals surface area contributed by atoms with Gasteiger partial charge in [-0.05, 0) is 29.0 Å². The van der Waals surface area contributed by atoms with Crippen molar-refractivity contribution in [3.05, 3.63) is 88.3 Å². The van der Waals surface area contributed by atoms with E-state index in [9.17, 15) is 5.11 Å². The number of aromatic hydroxyl groups is 1. The summed E-state index contributed by atoms with van der Waals surface area (Å²) < 4.78 is 5.97. The molecule has 0 radical (unpaired) electrons. The van der Waals surface area contributed by atoms with Crippen molar-refractivity contribution in [2.24, 2.45) is 0 Å². The van der Waals surface area contributed by atoms with Crippen LogP contribution in [0, 0.1) is 0 Å². The number of phenols is 1. The van der Waals surface area contributed by atoms with Gasteiger partial charge in [-0.1, -0.05) is 49.0 Å². The smallest absolute Gasteiger partial charge is 0.139 e. The van der Waals surface area contributed by atoms with Crippen molar-refractivity contribution < 1.29 is 9.84 Å². The number of ether oxygens (including phenoxy) is 1. The number of benzene rings is 3. The highest BCUT2D eigenvalue weighted by Gasteiger charge is 2.20. The lowest BCUT2D eigenvalue weighted by molar-refractivity contribution is 0.450. The summed E-state index contributed by atoms with van der Waals surface area (Å²) in [6.45, 7) is 3.96. The van der Waals surface area contributed by atoms with E-state index in [1.807, 2.05) is 42.5 Å². The Hall–Kier alpha value is -3.00. The molecule has 0 aliphatic carbocycles. The van der Waals surface area contributed by atoms with E-state index in [-0.39, 0.29) is 5.75 Å². The van der Waals surface area contributed by atoms with Crippen molar-refractivity contribution in [3.8, 4) is 17.2 Å². The van der Waals surface area contributed by atoms with Gasteiger partial charge in [0.25, 0.3) is 0 Å². The van der Waals surface area contributed by atoms with Gasteiger partial charge in [-0.15, -0.1) is 0 Å². The van der Waals surface area contributed by atoms with Crippen LogP contribution in [0.1, 0.15) is 11.1 Å². The predicted molar refractivity (Wildman–Crippen MR) is 87.4 cm³/mol. The average molecular weight is 286 g/mol. The first kappa shape index (κ1) is 12.7. The summed E-state index contributed by atoms with van der Waals surface area (Å²) in [5, 5.41) is 11.7. The summed E-state index contributed by atoms with van der Waals surface area (Å²) >= 11 is 0.